The monoisotopic (exact) mass is 399 g/mol. The summed E-state index contributed by atoms with van der Waals surface area (Å²) in [7, 11) is -3.55. The first kappa shape index (κ1) is 18.4. The Hall–Kier alpha value is -1.99. The highest BCUT2D eigenvalue weighted by molar-refractivity contribution is 7.91. The van der Waals surface area contributed by atoms with Crippen molar-refractivity contribution >= 4 is 21.4 Å². The van der Waals surface area contributed by atoms with Gasteiger partial charge in [-0.15, -0.1) is 11.3 Å². The SMILES string of the molecule is C[C@]1(c2ccccc2)C[C@@H]1NS(=O)(=O)c1ccc(-c2ccc(CO)cc2)s1. The summed E-state index contributed by atoms with van der Waals surface area (Å²) in [5.74, 6) is 0. The molecule has 27 heavy (non-hydrogen) atoms. The van der Waals surface area contributed by atoms with Gasteiger partial charge < -0.3 is 5.11 Å². The molecule has 1 aliphatic rings. The van der Waals surface area contributed by atoms with Crippen LogP contribution in [0.1, 0.15) is 24.5 Å². The molecule has 140 valence electrons. The molecule has 0 saturated heterocycles. The number of thiophene rings is 1. The Balaban J connectivity index is 1.51. The maximum absolute atomic E-state index is 12.8. The minimum absolute atomic E-state index is 0.00413. The Kier molecular flexibility index (Phi) is 4.68. The molecule has 1 fully saturated rings. The van der Waals surface area contributed by atoms with Gasteiger partial charge in [0.15, 0.2) is 0 Å². The van der Waals surface area contributed by atoms with Gasteiger partial charge in [-0.05, 0) is 35.2 Å². The fourth-order valence-electron chi connectivity index (χ4n) is 3.31. The van der Waals surface area contributed by atoms with Gasteiger partial charge in [-0.2, -0.15) is 0 Å². The van der Waals surface area contributed by atoms with Crippen LogP contribution in [0.4, 0.5) is 0 Å². The second-order valence-corrected chi connectivity index (χ2v) is 10.2. The second kappa shape index (κ2) is 6.87. The molecule has 4 rings (SSSR count). The highest BCUT2D eigenvalue weighted by Gasteiger charge is 2.53. The van der Waals surface area contributed by atoms with Crippen molar-refractivity contribution in [1.29, 1.82) is 0 Å². The summed E-state index contributed by atoms with van der Waals surface area (Å²) in [6.45, 7) is 2.09. The lowest BCUT2D eigenvalue weighted by Gasteiger charge is -2.12. The van der Waals surface area contributed by atoms with Gasteiger partial charge in [-0.25, -0.2) is 13.1 Å². The van der Waals surface area contributed by atoms with E-state index in [1.165, 1.54) is 11.3 Å². The van der Waals surface area contributed by atoms with Crippen LogP contribution in [0.3, 0.4) is 0 Å². The van der Waals surface area contributed by atoms with Crippen molar-refractivity contribution in [2.75, 3.05) is 0 Å². The lowest BCUT2D eigenvalue weighted by atomic mass is 9.98. The third-order valence-electron chi connectivity index (χ3n) is 5.24. The summed E-state index contributed by atoms with van der Waals surface area (Å²) < 4.78 is 28.8. The molecule has 1 aromatic heterocycles. The lowest BCUT2D eigenvalue weighted by Crippen LogP contribution is -2.29. The highest BCUT2D eigenvalue weighted by Crippen LogP contribution is 2.48. The third-order valence-corrected chi connectivity index (χ3v) is 8.33. The largest absolute Gasteiger partial charge is 0.392 e. The first-order valence-corrected chi connectivity index (χ1v) is 11.1. The van der Waals surface area contributed by atoms with Crippen LogP contribution >= 0.6 is 11.3 Å². The number of aliphatic hydroxyl groups is 1. The van der Waals surface area contributed by atoms with Gasteiger partial charge in [-0.1, -0.05) is 61.5 Å². The van der Waals surface area contributed by atoms with Crippen LogP contribution in [0.2, 0.25) is 0 Å². The van der Waals surface area contributed by atoms with Crippen molar-refractivity contribution in [1.82, 2.24) is 4.72 Å². The van der Waals surface area contributed by atoms with E-state index in [-0.39, 0.29) is 18.1 Å². The van der Waals surface area contributed by atoms with E-state index in [0.29, 0.717) is 4.21 Å². The van der Waals surface area contributed by atoms with E-state index < -0.39 is 10.0 Å². The van der Waals surface area contributed by atoms with E-state index in [0.717, 1.165) is 28.0 Å². The predicted octanol–water partition coefficient (Wildman–Crippen LogP) is 3.92. The van der Waals surface area contributed by atoms with Crippen LogP contribution in [-0.2, 0) is 22.0 Å². The first-order valence-electron chi connectivity index (χ1n) is 8.80. The third kappa shape index (κ3) is 3.58. The van der Waals surface area contributed by atoms with E-state index in [4.69, 9.17) is 5.11 Å². The molecule has 0 unspecified atom stereocenters. The van der Waals surface area contributed by atoms with Crippen molar-refractivity contribution in [3.05, 3.63) is 77.9 Å². The number of benzene rings is 2. The van der Waals surface area contributed by atoms with Crippen LogP contribution < -0.4 is 4.72 Å². The molecule has 0 bridgehead atoms. The molecule has 6 heteroatoms. The van der Waals surface area contributed by atoms with E-state index in [9.17, 15) is 8.42 Å². The average Bonchev–Trinajstić information content (AvgIpc) is 3.10. The molecule has 2 N–H and O–H groups in total. The molecule has 2 atom stereocenters. The molecule has 0 amide bonds. The number of rotatable bonds is 6. The van der Waals surface area contributed by atoms with Gasteiger partial charge in [-0.3, -0.25) is 0 Å². The molecule has 0 radical (unpaired) electrons. The summed E-state index contributed by atoms with van der Waals surface area (Å²) in [5, 5.41) is 9.14. The molecule has 0 aliphatic heterocycles. The topological polar surface area (TPSA) is 66.4 Å². The Morgan fingerprint density at radius 1 is 1.07 bits per heavy atom. The maximum Gasteiger partial charge on any atom is 0.250 e. The van der Waals surface area contributed by atoms with Crippen molar-refractivity contribution in [2.24, 2.45) is 0 Å². The summed E-state index contributed by atoms with van der Waals surface area (Å²) in [6.07, 6.45) is 0.803. The van der Waals surface area contributed by atoms with Crippen molar-refractivity contribution < 1.29 is 13.5 Å². The van der Waals surface area contributed by atoms with Gasteiger partial charge in [0, 0.05) is 16.3 Å². The zero-order valence-electron chi connectivity index (χ0n) is 14.9. The Bertz CT molecular complexity index is 1040. The molecule has 3 aromatic rings. The summed E-state index contributed by atoms with van der Waals surface area (Å²) in [6, 6.07) is 20.9. The predicted molar refractivity (Wildman–Crippen MR) is 108 cm³/mol. The quantitative estimate of drug-likeness (QED) is 0.660. The molecular weight excluding hydrogens is 378 g/mol. The van der Waals surface area contributed by atoms with Crippen molar-refractivity contribution in [3.63, 3.8) is 0 Å². The fraction of sp³-hybridized carbons (Fsp3) is 0.238. The molecular formula is C21H21NO3S2. The zero-order valence-corrected chi connectivity index (χ0v) is 16.6. The smallest absolute Gasteiger partial charge is 0.250 e. The fourth-order valence-corrected chi connectivity index (χ4v) is 5.99. The maximum atomic E-state index is 12.8. The molecule has 1 heterocycles. The number of hydrogen-bond acceptors (Lipinski definition) is 4. The second-order valence-electron chi connectivity index (χ2n) is 7.14. The van der Waals surface area contributed by atoms with Crippen LogP contribution in [0.15, 0.2) is 70.9 Å². The van der Waals surface area contributed by atoms with Crippen molar-refractivity contribution in [3.8, 4) is 10.4 Å². The number of aliphatic hydroxyl groups excluding tert-OH is 1. The van der Waals surface area contributed by atoms with Gasteiger partial charge in [0.1, 0.15) is 4.21 Å². The highest BCUT2D eigenvalue weighted by atomic mass is 32.2. The van der Waals surface area contributed by atoms with Gasteiger partial charge in [0.05, 0.1) is 6.61 Å². The minimum atomic E-state index is -3.55. The Morgan fingerprint density at radius 2 is 1.78 bits per heavy atom. The minimum Gasteiger partial charge on any atom is -0.392 e. The summed E-state index contributed by atoms with van der Waals surface area (Å²) in [4.78, 5) is 0.890. The molecule has 1 saturated carbocycles. The van der Waals surface area contributed by atoms with E-state index >= 15 is 0 Å². The molecule has 0 spiro atoms. The van der Waals surface area contributed by atoms with E-state index in [1.807, 2.05) is 60.7 Å². The van der Waals surface area contributed by atoms with Gasteiger partial charge in [0.2, 0.25) is 10.0 Å². The van der Waals surface area contributed by atoms with Crippen LogP contribution in [0.5, 0.6) is 0 Å². The summed E-state index contributed by atoms with van der Waals surface area (Å²) >= 11 is 1.26. The summed E-state index contributed by atoms with van der Waals surface area (Å²) in [5.41, 5.74) is 2.79. The van der Waals surface area contributed by atoms with E-state index in [2.05, 4.69) is 11.6 Å². The molecule has 2 aromatic carbocycles. The number of sulfonamides is 1. The van der Waals surface area contributed by atoms with Crippen LogP contribution in [0, 0.1) is 0 Å². The lowest BCUT2D eigenvalue weighted by molar-refractivity contribution is 0.282. The van der Waals surface area contributed by atoms with E-state index in [1.54, 1.807) is 6.07 Å². The van der Waals surface area contributed by atoms with Crippen molar-refractivity contribution in [2.45, 2.75) is 35.6 Å². The molecule has 4 nitrogen and oxygen atoms in total. The Morgan fingerprint density at radius 3 is 2.44 bits per heavy atom. The Labute approximate surface area is 163 Å². The van der Waals surface area contributed by atoms with Gasteiger partial charge in [0.25, 0.3) is 0 Å². The molecule has 1 aliphatic carbocycles. The zero-order chi connectivity index (χ0) is 19.1. The normalized spacial score (nSPS) is 21.9. The van der Waals surface area contributed by atoms with Gasteiger partial charge >= 0.3 is 0 Å². The number of hydrogen-bond donors (Lipinski definition) is 2. The van der Waals surface area contributed by atoms with Crippen LogP contribution in [-0.4, -0.2) is 19.6 Å². The van der Waals surface area contributed by atoms with Crippen LogP contribution in [0.25, 0.3) is 10.4 Å². The average molecular weight is 400 g/mol. The first-order chi connectivity index (χ1) is 12.9. The standard InChI is InChI=1S/C21H21NO3S2/c1-21(17-5-3-2-4-6-17)13-19(21)22-27(24,25)20-12-11-18(26-20)16-9-7-15(14-23)8-10-16/h2-12,19,22-23H,13-14H2,1H3/t19-,21+/m0/s1. The number of nitrogens with one attached hydrogen (secondary N) is 1.